The number of carbonyl (C=O) groups excluding carboxylic acids is 1. The number of ether oxygens (including phenoxy) is 2. The third kappa shape index (κ3) is 7.96. The molecule has 5 rings (SSSR count). The Balaban J connectivity index is 1.29. The first kappa shape index (κ1) is 30.6. The Bertz CT molecular complexity index is 1170. The molecule has 3 aliphatic rings. The number of aliphatic carboxylic acids is 1. The molecule has 3 N–H and O–H groups in total. The lowest BCUT2D eigenvalue weighted by molar-refractivity contribution is -0.276. The van der Waals surface area contributed by atoms with Crippen molar-refractivity contribution in [3.8, 4) is 0 Å². The van der Waals surface area contributed by atoms with Crippen LogP contribution in [-0.4, -0.2) is 76.8 Å². The highest BCUT2D eigenvalue weighted by Gasteiger charge is 2.40. The summed E-state index contributed by atoms with van der Waals surface area (Å²) in [5.74, 6) is -1.13. The van der Waals surface area contributed by atoms with E-state index in [2.05, 4.69) is 22.0 Å². The normalized spacial score (nSPS) is 26.9. The van der Waals surface area contributed by atoms with Crippen molar-refractivity contribution >= 4 is 11.9 Å². The molecule has 0 bridgehead atoms. The van der Waals surface area contributed by atoms with E-state index in [9.17, 15) is 14.7 Å². The lowest BCUT2D eigenvalue weighted by Crippen LogP contribution is -2.48. The summed E-state index contributed by atoms with van der Waals surface area (Å²) in [6, 6.07) is 16.4. The molecule has 5 unspecified atom stereocenters. The minimum atomic E-state index is -0.982. The zero-order valence-electron chi connectivity index (χ0n) is 24.6. The molecule has 0 aromatic heterocycles. The molecule has 0 aliphatic carbocycles. The van der Waals surface area contributed by atoms with Gasteiger partial charge < -0.3 is 29.9 Å². The maximum atomic E-state index is 11.9. The van der Waals surface area contributed by atoms with Crippen LogP contribution >= 0.6 is 0 Å². The lowest BCUT2D eigenvalue weighted by atomic mass is 9.90. The lowest BCUT2D eigenvalue weighted by Gasteiger charge is -2.43. The van der Waals surface area contributed by atoms with Gasteiger partial charge in [0, 0.05) is 43.6 Å². The van der Waals surface area contributed by atoms with Gasteiger partial charge in [0.1, 0.15) is 0 Å². The van der Waals surface area contributed by atoms with E-state index in [0.29, 0.717) is 12.6 Å². The molecular formula is C33H45N3O6. The van der Waals surface area contributed by atoms with E-state index in [4.69, 9.17) is 14.6 Å². The monoisotopic (exact) mass is 579 g/mol. The number of nitrogens with zero attached hydrogens (tertiary/aromatic N) is 2. The van der Waals surface area contributed by atoms with Crippen LogP contribution in [0.2, 0.25) is 0 Å². The van der Waals surface area contributed by atoms with Crippen LogP contribution < -0.4 is 5.32 Å². The van der Waals surface area contributed by atoms with Gasteiger partial charge in [-0.05, 0) is 62.0 Å². The van der Waals surface area contributed by atoms with Gasteiger partial charge in [0.05, 0.1) is 25.2 Å². The van der Waals surface area contributed by atoms with E-state index in [1.54, 1.807) is 0 Å². The predicted molar refractivity (Wildman–Crippen MR) is 158 cm³/mol. The SMILES string of the molecule is CC1C(CN2CCCC2CN2CCCC2)OC(c2ccc(CNC(=O)CCC(=O)O)cc2)OC1c1ccc(CO)cc1. The van der Waals surface area contributed by atoms with Crippen molar-refractivity contribution in [2.75, 3.05) is 32.7 Å². The molecule has 2 aromatic rings. The molecule has 42 heavy (non-hydrogen) atoms. The molecule has 9 heteroatoms. The van der Waals surface area contributed by atoms with Crippen LogP contribution in [0.25, 0.3) is 0 Å². The number of likely N-dealkylation sites (tertiary alicyclic amines) is 2. The third-order valence-electron chi connectivity index (χ3n) is 9.01. The zero-order chi connectivity index (χ0) is 29.5. The minimum Gasteiger partial charge on any atom is -0.481 e. The number of hydrogen-bond donors (Lipinski definition) is 3. The number of rotatable bonds is 12. The molecule has 3 aliphatic heterocycles. The summed E-state index contributed by atoms with van der Waals surface area (Å²) in [7, 11) is 0. The number of aliphatic hydroxyl groups excluding tert-OH is 1. The molecule has 5 atom stereocenters. The Labute approximate surface area is 248 Å². The first-order valence-electron chi connectivity index (χ1n) is 15.4. The van der Waals surface area contributed by atoms with Crippen LogP contribution in [0.3, 0.4) is 0 Å². The predicted octanol–water partition coefficient (Wildman–Crippen LogP) is 4.01. The van der Waals surface area contributed by atoms with Crippen LogP contribution in [0.1, 0.15) is 80.1 Å². The van der Waals surface area contributed by atoms with E-state index in [0.717, 1.165) is 41.9 Å². The summed E-state index contributed by atoms with van der Waals surface area (Å²) in [5.41, 5.74) is 3.79. The van der Waals surface area contributed by atoms with E-state index in [1.807, 2.05) is 48.5 Å². The van der Waals surface area contributed by atoms with E-state index in [1.165, 1.54) is 38.8 Å². The van der Waals surface area contributed by atoms with E-state index in [-0.39, 0.29) is 43.5 Å². The van der Waals surface area contributed by atoms with Gasteiger partial charge in [0.15, 0.2) is 6.29 Å². The van der Waals surface area contributed by atoms with Crippen LogP contribution in [0, 0.1) is 5.92 Å². The van der Waals surface area contributed by atoms with Crippen LogP contribution in [0.5, 0.6) is 0 Å². The highest BCUT2D eigenvalue weighted by atomic mass is 16.7. The van der Waals surface area contributed by atoms with Crippen molar-refractivity contribution in [2.45, 2.75) is 83.1 Å². The fraction of sp³-hybridized carbons (Fsp3) is 0.576. The second-order valence-electron chi connectivity index (χ2n) is 12.0. The molecule has 0 saturated carbocycles. The molecule has 3 heterocycles. The van der Waals surface area contributed by atoms with Gasteiger partial charge in [-0.25, -0.2) is 0 Å². The van der Waals surface area contributed by atoms with Gasteiger partial charge >= 0.3 is 5.97 Å². The van der Waals surface area contributed by atoms with E-state index >= 15 is 0 Å². The molecule has 1 amide bonds. The molecule has 228 valence electrons. The van der Waals surface area contributed by atoms with Crippen molar-refractivity contribution in [1.29, 1.82) is 0 Å². The maximum absolute atomic E-state index is 11.9. The number of benzene rings is 2. The summed E-state index contributed by atoms with van der Waals surface area (Å²) in [5, 5.41) is 21.1. The van der Waals surface area contributed by atoms with E-state index < -0.39 is 12.3 Å². The maximum Gasteiger partial charge on any atom is 0.303 e. The van der Waals surface area contributed by atoms with Gasteiger partial charge in [-0.3, -0.25) is 14.5 Å². The fourth-order valence-electron chi connectivity index (χ4n) is 6.47. The Morgan fingerprint density at radius 1 is 0.881 bits per heavy atom. The van der Waals surface area contributed by atoms with Crippen LogP contribution in [0.4, 0.5) is 0 Å². The molecule has 9 nitrogen and oxygen atoms in total. The Hall–Kier alpha value is -2.82. The second kappa shape index (κ2) is 14.6. The van der Waals surface area contributed by atoms with Crippen LogP contribution in [0.15, 0.2) is 48.5 Å². The van der Waals surface area contributed by atoms with Crippen LogP contribution in [-0.2, 0) is 32.2 Å². The molecule has 0 spiro atoms. The topological polar surface area (TPSA) is 112 Å². The average Bonchev–Trinajstić information content (AvgIpc) is 3.69. The summed E-state index contributed by atoms with van der Waals surface area (Å²) in [6.45, 7) is 8.08. The average molecular weight is 580 g/mol. The molecule has 0 radical (unpaired) electrons. The van der Waals surface area contributed by atoms with Gasteiger partial charge in [-0.1, -0.05) is 55.5 Å². The van der Waals surface area contributed by atoms with Crippen molar-refractivity contribution < 1.29 is 29.3 Å². The van der Waals surface area contributed by atoms with Crippen molar-refractivity contribution in [3.63, 3.8) is 0 Å². The van der Waals surface area contributed by atoms with Crippen molar-refractivity contribution in [2.24, 2.45) is 5.92 Å². The highest BCUT2D eigenvalue weighted by molar-refractivity contribution is 5.80. The van der Waals surface area contributed by atoms with Gasteiger partial charge in [-0.2, -0.15) is 0 Å². The zero-order valence-corrected chi connectivity index (χ0v) is 24.6. The molecule has 3 fully saturated rings. The number of hydrogen-bond acceptors (Lipinski definition) is 7. The highest BCUT2D eigenvalue weighted by Crippen LogP contribution is 2.42. The number of carbonyl (C=O) groups is 2. The van der Waals surface area contributed by atoms with Crippen molar-refractivity contribution in [1.82, 2.24) is 15.1 Å². The van der Waals surface area contributed by atoms with Gasteiger partial charge in [-0.15, -0.1) is 0 Å². The number of carboxylic acid groups (broad SMARTS) is 1. The Kier molecular flexibility index (Phi) is 10.6. The minimum absolute atomic E-state index is 0.00937. The summed E-state index contributed by atoms with van der Waals surface area (Å²) in [6.07, 6.45) is 4.15. The first-order chi connectivity index (χ1) is 20.4. The largest absolute Gasteiger partial charge is 0.481 e. The van der Waals surface area contributed by atoms with Gasteiger partial charge in [0.25, 0.3) is 0 Å². The Morgan fingerprint density at radius 2 is 1.57 bits per heavy atom. The molecule has 2 aromatic carbocycles. The number of carboxylic acids is 1. The molecular weight excluding hydrogens is 534 g/mol. The summed E-state index contributed by atoms with van der Waals surface area (Å²) in [4.78, 5) is 27.9. The number of amides is 1. The Morgan fingerprint density at radius 3 is 2.26 bits per heavy atom. The number of aliphatic hydroxyl groups is 1. The standard InChI is InChI=1S/C33H45N3O6/c1-23-29(21-36-18-4-5-28(36)20-35-16-2-3-17-35)41-33(42-32(23)26-10-8-25(22-37)9-11-26)27-12-6-24(7-13-27)19-34-30(38)14-15-31(39)40/h6-13,23,28-29,32-33,37H,2-5,14-22H2,1H3,(H,34,38)(H,39,40). The summed E-state index contributed by atoms with van der Waals surface area (Å²) >= 11 is 0. The molecule has 3 saturated heterocycles. The second-order valence-corrected chi connectivity index (χ2v) is 12.0. The van der Waals surface area contributed by atoms with Gasteiger partial charge in [0.2, 0.25) is 5.91 Å². The van der Waals surface area contributed by atoms with Crippen molar-refractivity contribution in [3.05, 3.63) is 70.8 Å². The smallest absolute Gasteiger partial charge is 0.303 e. The summed E-state index contributed by atoms with van der Waals surface area (Å²) < 4.78 is 13.3. The quantitative estimate of drug-likeness (QED) is 0.346. The fourth-order valence-corrected chi connectivity index (χ4v) is 6.47. The third-order valence-corrected chi connectivity index (χ3v) is 9.01. The number of nitrogens with one attached hydrogen (secondary N) is 1. The first-order valence-corrected chi connectivity index (χ1v) is 15.4.